The average Bonchev–Trinajstić information content (AvgIpc) is 2.31. The minimum Gasteiger partial charge on any atom is -0.399 e. The Balaban J connectivity index is 2.32. The first kappa shape index (κ1) is 10.4. The Morgan fingerprint density at radius 3 is 2.62 bits per heavy atom. The first-order chi connectivity index (χ1) is 7.79. The fraction of sp³-hybridized carbons (Fsp3) is 0.167. The van der Waals surface area contributed by atoms with Crippen molar-refractivity contribution >= 4 is 11.5 Å². The van der Waals surface area contributed by atoms with Crippen molar-refractivity contribution in [2.24, 2.45) is 0 Å². The zero-order valence-corrected chi connectivity index (χ0v) is 9.14. The summed E-state index contributed by atoms with van der Waals surface area (Å²) in [5.41, 5.74) is 8.24. The number of benzene rings is 1. The number of hydrogen-bond acceptors (Lipinski definition) is 4. The van der Waals surface area contributed by atoms with Crippen LogP contribution >= 0.6 is 0 Å². The van der Waals surface area contributed by atoms with Gasteiger partial charge in [-0.3, -0.25) is 4.98 Å². The predicted molar refractivity (Wildman–Crippen MR) is 66.0 cm³/mol. The molecule has 3 N–H and O–H groups in total. The van der Waals surface area contributed by atoms with E-state index in [0.717, 1.165) is 29.3 Å². The van der Waals surface area contributed by atoms with Crippen molar-refractivity contribution in [1.29, 1.82) is 0 Å². The number of rotatable bonds is 3. The van der Waals surface area contributed by atoms with E-state index in [2.05, 4.69) is 15.3 Å². The monoisotopic (exact) mass is 214 g/mol. The van der Waals surface area contributed by atoms with Gasteiger partial charge in [-0.1, -0.05) is 12.1 Å². The molecule has 16 heavy (non-hydrogen) atoms. The summed E-state index contributed by atoms with van der Waals surface area (Å²) in [5.74, 6) is 0.789. The standard InChI is InChI=1S/C12H14N4/c1-2-15-12-8-14-7-11(16-12)9-3-5-10(13)6-4-9/h3-8H,2,13H2,1H3,(H,15,16). The number of nitrogen functional groups attached to an aromatic ring is 1. The maximum absolute atomic E-state index is 5.63. The molecule has 0 aliphatic heterocycles. The van der Waals surface area contributed by atoms with Crippen LogP contribution in [0.4, 0.5) is 11.5 Å². The Bertz CT molecular complexity index is 465. The highest BCUT2D eigenvalue weighted by atomic mass is 15.0. The maximum Gasteiger partial charge on any atom is 0.145 e. The summed E-state index contributed by atoms with van der Waals surface area (Å²) in [4.78, 5) is 8.59. The van der Waals surface area contributed by atoms with Crippen LogP contribution in [0, 0.1) is 0 Å². The second-order valence-corrected chi connectivity index (χ2v) is 3.44. The quantitative estimate of drug-likeness (QED) is 0.768. The van der Waals surface area contributed by atoms with E-state index in [1.807, 2.05) is 31.2 Å². The fourth-order valence-corrected chi connectivity index (χ4v) is 1.43. The minimum absolute atomic E-state index is 0.750. The molecular weight excluding hydrogens is 200 g/mol. The number of nitrogens with two attached hydrogens (primary N) is 1. The van der Waals surface area contributed by atoms with Crippen LogP contribution in [0.5, 0.6) is 0 Å². The van der Waals surface area contributed by atoms with Gasteiger partial charge in [0.05, 0.1) is 18.1 Å². The van der Waals surface area contributed by atoms with Gasteiger partial charge in [-0.05, 0) is 19.1 Å². The van der Waals surface area contributed by atoms with Gasteiger partial charge in [0.15, 0.2) is 0 Å². The molecule has 0 bridgehead atoms. The van der Waals surface area contributed by atoms with E-state index in [4.69, 9.17) is 5.73 Å². The van der Waals surface area contributed by atoms with E-state index in [9.17, 15) is 0 Å². The van der Waals surface area contributed by atoms with Gasteiger partial charge >= 0.3 is 0 Å². The normalized spacial score (nSPS) is 10.1. The van der Waals surface area contributed by atoms with Crippen LogP contribution in [0.2, 0.25) is 0 Å². The first-order valence-electron chi connectivity index (χ1n) is 5.21. The van der Waals surface area contributed by atoms with Gasteiger partial charge in [-0.2, -0.15) is 0 Å². The van der Waals surface area contributed by atoms with Crippen molar-refractivity contribution in [2.75, 3.05) is 17.6 Å². The maximum atomic E-state index is 5.63. The summed E-state index contributed by atoms with van der Waals surface area (Å²) in [6.45, 7) is 2.86. The predicted octanol–water partition coefficient (Wildman–Crippen LogP) is 2.16. The number of nitrogens with zero attached hydrogens (tertiary/aromatic N) is 2. The number of nitrogens with one attached hydrogen (secondary N) is 1. The van der Waals surface area contributed by atoms with Crippen LogP contribution in [-0.2, 0) is 0 Å². The molecule has 0 saturated carbocycles. The van der Waals surface area contributed by atoms with Crippen LogP contribution in [-0.4, -0.2) is 16.5 Å². The molecular formula is C12H14N4. The lowest BCUT2D eigenvalue weighted by Gasteiger charge is -2.05. The van der Waals surface area contributed by atoms with E-state index in [1.54, 1.807) is 12.4 Å². The molecule has 2 rings (SSSR count). The third kappa shape index (κ3) is 2.28. The highest BCUT2D eigenvalue weighted by Gasteiger charge is 2.00. The lowest BCUT2D eigenvalue weighted by Crippen LogP contribution is -2.00. The van der Waals surface area contributed by atoms with Crippen molar-refractivity contribution in [3.05, 3.63) is 36.7 Å². The van der Waals surface area contributed by atoms with Crippen molar-refractivity contribution in [3.63, 3.8) is 0 Å². The molecule has 0 atom stereocenters. The molecule has 0 aliphatic carbocycles. The molecule has 4 nitrogen and oxygen atoms in total. The Kier molecular flexibility index (Phi) is 3.00. The number of anilines is 2. The Morgan fingerprint density at radius 1 is 1.19 bits per heavy atom. The van der Waals surface area contributed by atoms with E-state index in [1.165, 1.54) is 0 Å². The smallest absolute Gasteiger partial charge is 0.145 e. The van der Waals surface area contributed by atoms with Gasteiger partial charge in [0.2, 0.25) is 0 Å². The SMILES string of the molecule is CCNc1cncc(-c2ccc(N)cc2)n1. The second kappa shape index (κ2) is 4.61. The molecule has 2 aromatic rings. The van der Waals surface area contributed by atoms with E-state index >= 15 is 0 Å². The summed E-state index contributed by atoms with van der Waals surface area (Å²) in [7, 11) is 0. The highest BCUT2D eigenvalue weighted by molar-refractivity contribution is 5.62. The molecule has 0 amide bonds. The van der Waals surface area contributed by atoms with E-state index in [0.29, 0.717) is 0 Å². The van der Waals surface area contributed by atoms with Gasteiger partial charge in [0.25, 0.3) is 0 Å². The van der Waals surface area contributed by atoms with Crippen molar-refractivity contribution in [3.8, 4) is 11.3 Å². The van der Waals surface area contributed by atoms with Crippen LogP contribution in [0.1, 0.15) is 6.92 Å². The van der Waals surface area contributed by atoms with E-state index < -0.39 is 0 Å². The topological polar surface area (TPSA) is 63.8 Å². The van der Waals surface area contributed by atoms with Crippen LogP contribution in [0.3, 0.4) is 0 Å². The zero-order chi connectivity index (χ0) is 11.4. The molecule has 0 aliphatic rings. The van der Waals surface area contributed by atoms with Crippen molar-refractivity contribution in [2.45, 2.75) is 6.92 Å². The van der Waals surface area contributed by atoms with Crippen LogP contribution in [0.15, 0.2) is 36.7 Å². The third-order valence-electron chi connectivity index (χ3n) is 2.20. The molecule has 0 radical (unpaired) electrons. The van der Waals surface area contributed by atoms with Gasteiger partial charge in [-0.25, -0.2) is 4.98 Å². The number of hydrogen-bond donors (Lipinski definition) is 2. The summed E-state index contributed by atoms with van der Waals surface area (Å²) in [6.07, 6.45) is 3.46. The Morgan fingerprint density at radius 2 is 1.94 bits per heavy atom. The van der Waals surface area contributed by atoms with Crippen LogP contribution in [0.25, 0.3) is 11.3 Å². The third-order valence-corrected chi connectivity index (χ3v) is 2.20. The lowest BCUT2D eigenvalue weighted by molar-refractivity contribution is 1.12. The summed E-state index contributed by atoms with van der Waals surface area (Å²) in [5, 5.41) is 3.13. The second-order valence-electron chi connectivity index (χ2n) is 3.44. The molecule has 0 spiro atoms. The molecule has 1 aromatic heterocycles. The van der Waals surface area contributed by atoms with Crippen LogP contribution < -0.4 is 11.1 Å². The molecule has 0 fully saturated rings. The van der Waals surface area contributed by atoms with Crippen molar-refractivity contribution in [1.82, 2.24) is 9.97 Å². The highest BCUT2D eigenvalue weighted by Crippen LogP contribution is 2.18. The lowest BCUT2D eigenvalue weighted by atomic mass is 10.1. The Hall–Kier alpha value is -2.10. The van der Waals surface area contributed by atoms with Gasteiger partial charge in [0, 0.05) is 17.8 Å². The molecule has 0 unspecified atom stereocenters. The summed E-state index contributed by atoms with van der Waals surface area (Å²) in [6, 6.07) is 7.60. The minimum atomic E-state index is 0.750. The fourth-order valence-electron chi connectivity index (χ4n) is 1.43. The largest absolute Gasteiger partial charge is 0.399 e. The van der Waals surface area contributed by atoms with E-state index in [-0.39, 0.29) is 0 Å². The molecule has 4 heteroatoms. The molecule has 82 valence electrons. The van der Waals surface area contributed by atoms with Gasteiger partial charge in [0.1, 0.15) is 5.82 Å². The molecule has 0 saturated heterocycles. The van der Waals surface area contributed by atoms with Gasteiger partial charge in [-0.15, -0.1) is 0 Å². The molecule has 1 aromatic carbocycles. The van der Waals surface area contributed by atoms with Gasteiger partial charge < -0.3 is 11.1 Å². The average molecular weight is 214 g/mol. The summed E-state index contributed by atoms with van der Waals surface area (Å²) >= 11 is 0. The van der Waals surface area contributed by atoms with Crippen molar-refractivity contribution < 1.29 is 0 Å². The zero-order valence-electron chi connectivity index (χ0n) is 9.14. The molecule has 1 heterocycles. The summed E-state index contributed by atoms with van der Waals surface area (Å²) < 4.78 is 0. The Labute approximate surface area is 94.5 Å². The first-order valence-corrected chi connectivity index (χ1v) is 5.21. The number of aromatic nitrogens is 2.